The number of ketones is 1. The van der Waals surface area contributed by atoms with Gasteiger partial charge >= 0.3 is 6.18 Å². The monoisotopic (exact) mass is 505 g/mol. The first-order valence-corrected chi connectivity index (χ1v) is 10.9. The lowest BCUT2D eigenvalue weighted by molar-refractivity contribution is -0.137. The molecule has 186 valence electrons. The predicted molar refractivity (Wildman–Crippen MR) is 129 cm³/mol. The van der Waals surface area contributed by atoms with E-state index in [1.54, 1.807) is 28.8 Å². The fourth-order valence-electron chi connectivity index (χ4n) is 3.83. The Labute approximate surface area is 207 Å². The summed E-state index contributed by atoms with van der Waals surface area (Å²) in [6.45, 7) is 3.07. The summed E-state index contributed by atoms with van der Waals surface area (Å²) in [4.78, 5) is 24.6. The Morgan fingerprint density at radius 1 is 1.03 bits per heavy atom. The average Bonchev–Trinajstić information content (AvgIpc) is 3.28. The number of pyridine rings is 2. The maximum absolute atomic E-state index is 13.8. The SMILES string of the molecule is CC(=O)c1ccc(-n2cnc3cc(Nc4ccc(C)nn4)ccc32)nc1-c1cnc(O)cc1C(F)(F)F. The molecule has 0 amide bonds. The van der Waals surface area contributed by atoms with Gasteiger partial charge in [-0.1, -0.05) is 0 Å². The number of benzene rings is 1. The van der Waals surface area contributed by atoms with Crippen LogP contribution in [0.4, 0.5) is 24.7 Å². The van der Waals surface area contributed by atoms with Crippen molar-refractivity contribution < 1.29 is 23.1 Å². The van der Waals surface area contributed by atoms with Crippen molar-refractivity contribution in [2.75, 3.05) is 5.32 Å². The van der Waals surface area contributed by atoms with Crippen LogP contribution in [0.25, 0.3) is 28.1 Å². The maximum atomic E-state index is 13.8. The molecule has 0 fully saturated rings. The van der Waals surface area contributed by atoms with Crippen molar-refractivity contribution in [3.63, 3.8) is 0 Å². The molecule has 4 aromatic heterocycles. The van der Waals surface area contributed by atoms with Crippen LogP contribution in [0.15, 0.2) is 61.1 Å². The van der Waals surface area contributed by atoms with E-state index in [0.29, 0.717) is 28.6 Å². The van der Waals surface area contributed by atoms with E-state index in [1.165, 1.54) is 25.4 Å². The second-order valence-corrected chi connectivity index (χ2v) is 8.21. The van der Waals surface area contributed by atoms with Crippen LogP contribution in [0.3, 0.4) is 0 Å². The Morgan fingerprint density at radius 3 is 2.54 bits per heavy atom. The number of hydrogen-bond donors (Lipinski definition) is 2. The van der Waals surface area contributed by atoms with E-state index in [1.807, 2.05) is 13.0 Å². The van der Waals surface area contributed by atoms with Crippen LogP contribution in [-0.2, 0) is 6.18 Å². The highest BCUT2D eigenvalue weighted by atomic mass is 19.4. The summed E-state index contributed by atoms with van der Waals surface area (Å²) in [5.74, 6) is -0.466. The number of imidazole rings is 1. The third-order valence-electron chi connectivity index (χ3n) is 5.57. The number of nitrogens with zero attached hydrogens (tertiary/aromatic N) is 6. The van der Waals surface area contributed by atoms with E-state index in [-0.39, 0.29) is 17.1 Å². The second kappa shape index (κ2) is 8.97. The Kier molecular flexibility index (Phi) is 5.78. The van der Waals surface area contributed by atoms with Gasteiger partial charge in [-0.25, -0.2) is 15.0 Å². The molecule has 9 nitrogen and oxygen atoms in total. The normalized spacial score (nSPS) is 11.6. The number of nitrogens with one attached hydrogen (secondary N) is 1. The van der Waals surface area contributed by atoms with Crippen LogP contribution < -0.4 is 5.32 Å². The summed E-state index contributed by atoms with van der Waals surface area (Å²) < 4.78 is 42.9. The Bertz CT molecular complexity index is 1650. The molecule has 0 aliphatic heterocycles. The van der Waals surface area contributed by atoms with Crippen LogP contribution in [0.1, 0.15) is 28.5 Å². The number of aromatic nitrogens is 6. The van der Waals surface area contributed by atoms with Crippen LogP contribution in [0, 0.1) is 6.92 Å². The number of alkyl halides is 3. The number of carbonyl (C=O) groups is 1. The van der Waals surface area contributed by atoms with Crippen LogP contribution >= 0.6 is 0 Å². The highest BCUT2D eigenvalue weighted by Crippen LogP contribution is 2.39. The quantitative estimate of drug-likeness (QED) is 0.311. The summed E-state index contributed by atoms with van der Waals surface area (Å²) in [6, 6.07) is 12.4. The van der Waals surface area contributed by atoms with Crippen molar-refractivity contribution in [1.29, 1.82) is 0 Å². The van der Waals surface area contributed by atoms with Gasteiger partial charge in [0, 0.05) is 29.1 Å². The lowest BCUT2D eigenvalue weighted by atomic mass is 10.00. The van der Waals surface area contributed by atoms with Crippen molar-refractivity contribution >= 4 is 28.3 Å². The van der Waals surface area contributed by atoms with Crippen molar-refractivity contribution in [3.05, 3.63) is 77.9 Å². The molecule has 0 radical (unpaired) electrons. The largest absolute Gasteiger partial charge is 0.493 e. The van der Waals surface area contributed by atoms with Crippen LogP contribution in [-0.4, -0.2) is 40.6 Å². The molecule has 4 heterocycles. The number of anilines is 2. The topological polar surface area (TPSA) is 119 Å². The molecule has 5 aromatic rings. The molecule has 0 spiro atoms. The number of rotatable bonds is 5. The summed E-state index contributed by atoms with van der Waals surface area (Å²) in [7, 11) is 0. The molecule has 0 unspecified atom stereocenters. The fourth-order valence-corrected chi connectivity index (χ4v) is 3.83. The van der Waals surface area contributed by atoms with Crippen molar-refractivity contribution in [2.24, 2.45) is 0 Å². The van der Waals surface area contributed by atoms with Gasteiger partial charge in [0.2, 0.25) is 5.88 Å². The molecule has 1 aromatic carbocycles. The molecule has 0 saturated heterocycles. The summed E-state index contributed by atoms with van der Waals surface area (Å²) in [5.41, 5.74) is 0.917. The smallest absolute Gasteiger partial charge is 0.417 e. The van der Waals surface area contributed by atoms with Gasteiger partial charge in [-0.2, -0.15) is 18.3 Å². The Balaban J connectivity index is 1.59. The minimum Gasteiger partial charge on any atom is -0.493 e. The van der Waals surface area contributed by atoms with E-state index in [2.05, 4.69) is 30.5 Å². The van der Waals surface area contributed by atoms with Gasteiger partial charge in [-0.15, -0.1) is 5.10 Å². The minimum atomic E-state index is -4.81. The molecule has 37 heavy (non-hydrogen) atoms. The summed E-state index contributed by atoms with van der Waals surface area (Å²) in [6.07, 6.45) is -2.47. The van der Waals surface area contributed by atoms with Crippen LogP contribution in [0.2, 0.25) is 0 Å². The lowest BCUT2D eigenvalue weighted by Crippen LogP contribution is -2.11. The van der Waals surface area contributed by atoms with Gasteiger partial charge in [0.15, 0.2) is 11.6 Å². The first-order valence-electron chi connectivity index (χ1n) is 10.9. The zero-order valence-corrected chi connectivity index (χ0v) is 19.4. The second-order valence-electron chi connectivity index (χ2n) is 8.21. The number of fused-ring (bicyclic) bond motifs is 1. The van der Waals surface area contributed by atoms with E-state index in [9.17, 15) is 23.1 Å². The van der Waals surface area contributed by atoms with Gasteiger partial charge in [0.1, 0.15) is 12.1 Å². The number of aromatic hydroxyl groups is 1. The van der Waals surface area contributed by atoms with Gasteiger partial charge < -0.3 is 10.4 Å². The molecule has 0 atom stereocenters. The predicted octanol–water partition coefficient (Wildman–Crippen LogP) is 5.25. The third-order valence-corrected chi connectivity index (χ3v) is 5.57. The first-order chi connectivity index (χ1) is 17.6. The van der Waals surface area contributed by atoms with E-state index >= 15 is 0 Å². The molecule has 5 rings (SSSR count). The first kappa shape index (κ1) is 23.9. The van der Waals surface area contributed by atoms with E-state index < -0.39 is 29.0 Å². The zero-order chi connectivity index (χ0) is 26.3. The lowest BCUT2D eigenvalue weighted by Gasteiger charge is -2.15. The molecule has 0 saturated carbocycles. The van der Waals surface area contributed by atoms with Gasteiger partial charge in [-0.3, -0.25) is 9.36 Å². The van der Waals surface area contributed by atoms with Gasteiger partial charge in [0.25, 0.3) is 0 Å². The van der Waals surface area contributed by atoms with Crippen LogP contribution in [0.5, 0.6) is 5.88 Å². The van der Waals surface area contributed by atoms with Crippen molar-refractivity contribution in [3.8, 4) is 23.0 Å². The van der Waals surface area contributed by atoms with Gasteiger partial charge in [-0.05, 0) is 56.3 Å². The molecule has 2 N–H and O–H groups in total. The molecular weight excluding hydrogens is 487 g/mol. The fraction of sp³-hybridized carbons (Fsp3) is 0.120. The Morgan fingerprint density at radius 2 is 1.84 bits per heavy atom. The number of aryl methyl sites for hydroxylation is 1. The maximum Gasteiger partial charge on any atom is 0.417 e. The molecule has 0 aliphatic carbocycles. The molecule has 0 bridgehead atoms. The average molecular weight is 505 g/mol. The molecular formula is C25H18F3N7O2. The Hall–Kier alpha value is -4.87. The summed E-state index contributed by atoms with van der Waals surface area (Å²) >= 11 is 0. The highest BCUT2D eigenvalue weighted by molar-refractivity contribution is 6.00. The standard InChI is InChI=1S/C25H18F3N7O2/c1-13-3-7-21(34-33-13)31-15-4-6-20-19(9-15)30-12-35(20)22-8-5-16(14(2)36)24(32-22)17-11-29-23(37)10-18(17)25(26,27)28/h3-12H,1-2H3,(H,29,37)(H,31,34). The van der Waals surface area contributed by atoms with Gasteiger partial charge in [0.05, 0.1) is 28.0 Å². The van der Waals surface area contributed by atoms with E-state index in [4.69, 9.17) is 0 Å². The zero-order valence-electron chi connectivity index (χ0n) is 19.4. The highest BCUT2D eigenvalue weighted by Gasteiger charge is 2.36. The number of hydrogen-bond acceptors (Lipinski definition) is 8. The number of halogens is 3. The van der Waals surface area contributed by atoms with E-state index in [0.717, 1.165) is 11.9 Å². The minimum absolute atomic E-state index is 0.0168. The van der Waals surface area contributed by atoms with Crippen molar-refractivity contribution in [1.82, 2.24) is 29.7 Å². The third kappa shape index (κ3) is 4.68. The molecule has 12 heteroatoms. The summed E-state index contributed by atoms with van der Waals surface area (Å²) in [5, 5.41) is 20.8. The van der Waals surface area contributed by atoms with Crippen molar-refractivity contribution in [2.45, 2.75) is 20.0 Å². The molecule has 0 aliphatic rings. The number of carbonyl (C=O) groups excluding carboxylic acids is 1. The number of Topliss-reactive ketones (excluding diaryl/α,β-unsaturated/α-hetero) is 1.